The fraction of sp³-hybridized carbons (Fsp3) is 0.250. The molecule has 0 N–H and O–H groups in total. The number of aromatic nitrogens is 2. The lowest BCUT2D eigenvalue weighted by Gasteiger charge is -2.12. The van der Waals surface area contributed by atoms with Crippen LogP contribution in [-0.2, 0) is 22.6 Å². The van der Waals surface area contributed by atoms with Gasteiger partial charge in [0, 0.05) is 24.0 Å². The molecule has 0 spiro atoms. The molecule has 2 aromatic carbocycles. The van der Waals surface area contributed by atoms with Crippen molar-refractivity contribution < 1.29 is 19.0 Å². The zero-order valence-electron chi connectivity index (χ0n) is 17.6. The predicted octanol–water partition coefficient (Wildman–Crippen LogP) is 5.02. The number of rotatable bonds is 10. The number of halogens is 1. The third-order valence-corrected chi connectivity index (χ3v) is 4.86. The monoisotopic (exact) mass is 440 g/mol. The second kappa shape index (κ2) is 11.3. The number of hydrogen-bond acceptors (Lipinski definition) is 5. The van der Waals surface area contributed by atoms with Crippen LogP contribution in [0.3, 0.4) is 0 Å². The molecule has 6 nitrogen and oxygen atoms in total. The average molecular weight is 441 g/mol. The number of nitrogens with zero attached hydrogens (tertiary/aromatic N) is 2. The molecule has 0 radical (unpaired) electrons. The van der Waals surface area contributed by atoms with Crippen LogP contribution < -0.4 is 4.74 Å². The van der Waals surface area contributed by atoms with Crippen LogP contribution in [0.4, 0.5) is 0 Å². The highest BCUT2D eigenvalue weighted by atomic mass is 35.5. The summed E-state index contributed by atoms with van der Waals surface area (Å²) in [6.45, 7) is 3.59. The van der Waals surface area contributed by atoms with Crippen LogP contribution in [0.25, 0.3) is 6.08 Å². The minimum atomic E-state index is -0.388. The fourth-order valence-corrected chi connectivity index (χ4v) is 3.21. The first-order valence-corrected chi connectivity index (χ1v) is 10.3. The number of methoxy groups -OCH3 is 1. The Balaban J connectivity index is 1.73. The Bertz CT molecular complexity index is 1010. The SMILES string of the molecule is CCOC(=O)c1ccc(C=C(COCc2ccc(OC)cc2)Cn2ccnc2)c(Cl)c1. The van der Waals surface area contributed by atoms with Crippen molar-refractivity contribution >= 4 is 23.6 Å². The molecule has 3 aromatic rings. The topological polar surface area (TPSA) is 62.6 Å². The van der Waals surface area contributed by atoms with Gasteiger partial charge in [-0.2, -0.15) is 0 Å². The molecule has 0 atom stereocenters. The van der Waals surface area contributed by atoms with Crippen LogP contribution in [0.15, 0.2) is 66.8 Å². The normalized spacial score (nSPS) is 11.4. The predicted molar refractivity (Wildman–Crippen MR) is 120 cm³/mol. The summed E-state index contributed by atoms with van der Waals surface area (Å²) in [7, 11) is 1.64. The summed E-state index contributed by atoms with van der Waals surface area (Å²) < 4.78 is 18.1. The summed E-state index contributed by atoms with van der Waals surface area (Å²) in [5.74, 6) is 0.423. The summed E-state index contributed by atoms with van der Waals surface area (Å²) in [5, 5.41) is 0.476. The van der Waals surface area contributed by atoms with Gasteiger partial charge in [-0.3, -0.25) is 0 Å². The van der Waals surface area contributed by atoms with Gasteiger partial charge in [-0.15, -0.1) is 0 Å². The third kappa shape index (κ3) is 6.70. The van der Waals surface area contributed by atoms with Crippen LogP contribution in [0.5, 0.6) is 5.75 Å². The number of ether oxygens (including phenoxy) is 3. The summed E-state index contributed by atoms with van der Waals surface area (Å²) in [5.41, 5.74) is 3.30. The molecule has 31 heavy (non-hydrogen) atoms. The highest BCUT2D eigenvalue weighted by Gasteiger charge is 2.10. The molecule has 0 aliphatic carbocycles. The lowest BCUT2D eigenvalue weighted by molar-refractivity contribution is 0.0526. The number of esters is 1. The van der Waals surface area contributed by atoms with Gasteiger partial charge in [0.2, 0.25) is 0 Å². The molecule has 3 rings (SSSR count). The first-order chi connectivity index (χ1) is 15.1. The van der Waals surface area contributed by atoms with Gasteiger partial charge in [-0.05, 0) is 47.9 Å². The molecule has 0 aliphatic rings. The van der Waals surface area contributed by atoms with E-state index in [1.54, 1.807) is 38.7 Å². The molecule has 0 fully saturated rings. The summed E-state index contributed by atoms with van der Waals surface area (Å²) in [4.78, 5) is 16.0. The van der Waals surface area contributed by atoms with Gasteiger partial charge in [0.25, 0.3) is 0 Å². The zero-order chi connectivity index (χ0) is 22.1. The summed E-state index contributed by atoms with van der Waals surface area (Å²) >= 11 is 6.43. The molecule has 0 bridgehead atoms. The standard InChI is InChI=1S/C24H25ClN2O4/c1-3-31-24(28)21-7-6-20(23(25)13-21)12-19(14-27-11-10-26-17-27)16-30-15-18-4-8-22(29-2)9-5-18/h4-13,17H,3,14-16H2,1-2H3. The number of benzene rings is 2. The minimum Gasteiger partial charge on any atom is -0.497 e. The van der Waals surface area contributed by atoms with Crippen molar-refractivity contribution in [2.24, 2.45) is 0 Å². The maximum absolute atomic E-state index is 11.9. The van der Waals surface area contributed by atoms with Gasteiger partial charge in [0.15, 0.2) is 0 Å². The van der Waals surface area contributed by atoms with E-state index in [2.05, 4.69) is 4.98 Å². The van der Waals surface area contributed by atoms with Crippen LogP contribution in [0, 0.1) is 0 Å². The summed E-state index contributed by atoms with van der Waals surface area (Å²) in [6, 6.07) is 12.9. The van der Waals surface area contributed by atoms with Crippen molar-refractivity contribution in [2.75, 3.05) is 20.3 Å². The van der Waals surface area contributed by atoms with E-state index in [9.17, 15) is 4.79 Å². The summed E-state index contributed by atoms with van der Waals surface area (Å²) in [6.07, 6.45) is 7.35. The number of carbonyl (C=O) groups excluding carboxylic acids is 1. The first-order valence-electron chi connectivity index (χ1n) is 9.91. The smallest absolute Gasteiger partial charge is 0.338 e. The van der Waals surface area contributed by atoms with Crippen LogP contribution in [0.2, 0.25) is 5.02 Å². The number of hydrogen-bond donors (Lipinski definition) is 0. The van der Waals surface area contributed by atoms with Gasteiger partial charge in [-0.1, -0.05) is 35.9 Å². The Kier molecular flexibility index (Phi) is 8.27. The molecule has 0 saturated heterocycles. The van der Waals surface area contributed by atoms with Gasteiger partial charge in [0.1, 0.15) is 5.75 Å². The second-order valence-corrected chi connectivity index (χ2v) is 7.24. The molecular formula is C24H25ClN2O4. The Morgan fingerprint density at radius 2 is 2.00 bits per heavy atom. The van der Waals surface area contributed by atoms with E-state index in [1.165, 1.54) is 0 Å². The van der Waals surface area contributed by atoms with E-state index in [4.69, 9.17) is 25.8 Å². The molecule has 162 valence electrons. The third-order valence-electron chi connectivity index (χ3n) is 4.53. The van der Waals surface area contributed by atoms with E-state index in [0.717, 1.165) is 22.4 Å². The molecule has 0 amide bonds. The second-order valence-electron chi connectivity index (χ2n) is 6.84. The van der Waals surface area contributed by atoms with Gasteiger partial charge in [0.05, 0.1) is 38.8 Å². The largest absolute Gasteiger partial charge is 0.497 e. The van der Waals surface area contributed by atoms with Crippen molar-refractivity contribution in [2.45, 2.75) is 20.1 Å². The van der Waals surface area contributed by atoms with Crippen LogP contribution in [-0.4, -0.2) is 35.8 Å². The minimum absolute atomic E-state index is 0.318. The van der Waals surface area contributed by atoms with Crippen LogP contribution in [0.1, 0.15) is 28.4 Å². The molecule has 7 heteroatoms. The Labute approximate surface area is 187 Å². The molecule has 1 aromatic heterocycles. The zero-order valence-corrected chi connectivity index (χ0v) is 18.3. The highest BCUT2D eigenvalue weighted by Crippen LogP contribution is 2.22. The van der Waals surface area contributed by atoms with E-state index in [0.29, 0.717) is 37.0 Å². The number of carbonyl (C=O) groups is 1. The van der Waals surface area contributed by atoms with Crippen molar-refractivity contribution in [1.29, 1.82) is 0 Å². The maximum atomic E-state index is 11.9. The average Bonchev–Trinajstić information content (AvgIpc) is 3.28. The van der Waals surface area contributed by atoms with E-state index >= 15 is 0 Å². The van der Waals surface area contributed by atoms with E-state index in [1.807, 2.05) is 47.2 Å². The van der Waals surface area contributed by atoms with Gasteiger partial charge < -0.3 is 18.8 Å². The highest BCUT2D eigenvalue weighted by molar-refractivity contribution is 6.32. The van der Waals surface area contributed by atoms with Gasteiger partial charge in [-0.25, -0.2) is 9.78 Å². The fourth-order valence-electron chi connectivity index (χ4n) is 2.97. The van der Waals surface area contributed by atoms with Crippen molar-refractivity contribution in [3.05, 3.63) is 88.5 Å². The van der Waals surface area contributed by atoms with Crippen LogP contribution >= 0.6 is 11.6 Å². The Hall–Kier alpha value is -3.09. The Morgan fingerprint density at radius 1 is 1.19 bits per heavy atom. The van der Waals surface area contributed by atoms with E-state index in [-0.39, 0.29) is 5.97 Å². The molecule has 0 saturated carbocycles. The van der Waals surface area contributed by atoms with Gasteiger partial charge >= 0.3 is 5.97 Å². The lowest BCUT2D eigenvalue weighted by Crippen LogP contribution is -2.07. The first kappa shape index (κ1) is 22.6. The maximum Gasteiger partial charge on any atom is 0.338 e. The molecule has 0 unspecified atom stereocenters. The molecular weight excluding hydrogens is 416 g/mol. The molecule has 1 heterocycles. The lowest BCUT2D eigenvalue weighted by atomic mass is 10.1. The Morgan fingerprint density at radius 3 is 2.65 bits per heavy atom. The molecule has 0 aliphatic heterocycles. The van der Waals surface area contributed by atoms with Crippen molar-refractivity contribution in [3.8, 4) is 5.75 Å². The van der Waals surface area contributed by atoms with E-state index < -0.39 is 0 Å². The quantitative estimate of drug-likeness (QED) is 0.414. The number of imidazole rings is 1. The van der Waals surface area contributed by atoms with Crippen molar-refractivity contribution in [1.82, 2.24) is 9.55 Å². The van der Waals surface area contributed by atoms with Crippen molar-refractivity contribution in [3.63, 3.8) is 0 Å².